The van der Waals surface area contributed by atoms with Gasteiger partial charge in [0.1, 0.15) is 0 Å². The molecule has 0 aromatic carbocycles. The predicted molar refractivity (Wildman–Crippen MR) is 39.0 cm³/mol. The molecule has 1 aromatic heterocycles. The Balaban J connectivity index is 0.00000121. The second kappa shape index (κ2) is 5.90. The van der Waals surface area contributed by atoms with E-state index in [1.807, 2.05) is 0 Å². The summed E-state index contributed by atoms with van der Waals surface area (Å²) in [5, 5.41) is 0. The number of aromatic nitrogens is 1. The summed E-state index contributed by atoms with van der Waals surface area (Å²) < 4.78 is 4.74. The largest absolute Gasteiger partial charge is 0.464 e. The zero-order chi connectivity index (χ0) is 8.10. The minimum Gasteiger partial charge on any atom is -0.464 e. The topological polar surface area (TPSA) is 39.2 Å². The van der Waals surface area contributed by atoms with Gasteiger partial charge in [0.05, 0.1) is 6.61 Å². The Morgan fingerprint density at radius 3 is 3.00 bits per heavy atom. The molecule has 0 aliphatic rings. The first-order chi connectivity index (χ1) is 5.34. The molecule has 1 aromatic rings. The normalized spacial score (nSPS) is 8.42. The molecule has 1 rings (SSSR count). The third kappa shape index (κ3) is 3.14. The van der Waals surface area contributed by atoms with Crippen LogP contribution in [0.25, 0.3) is 0 Å². The summed E-state index contributed by atoms with van der Waals surface area (Å²) in [5.41, 5.74) is 0.464. The van der Waals surface area contributed by atoms with Gasteiger partial charge in [-0.05, 0) is 12.5 Å². The van der Waals surface area contributed by atoms with Gasteiger partial charge in [0.25, 0.3) is 0 Å². The van der Waals surface area contributed by atoms with Crippen molar-refractivity contribution in [3.8, 4) is 0 Å². The summed E-state index contributed by atoms with van der Waals surface area (Å²) in [6.45, 7) is 2.15. The van der Waals surface area contributed by atoms with Crippen molar-refractivity contribution >= 4 is 5.97 Å². The van der Waals surface area contributed by atoms with Crippen molar-refractivity contribution in [2.24, 2.45) is 0 Å². The van der Waals surface area contributed by atoms with Gasteiger partial charge in [-0.3, -0.25) is 0 Å². The van der Waals surface area contributed by atoms with E-state index in [4.69, 9.17) is 4.74 Å². The van der Waals surface area contributed by atoms with Crippen molar-refractivity contribution in [1.29, 1.82) is 0 Å². The molecule has 0 spiro atoms. The molecule has 0 amide bonds. The Morgan fingerprint density at radius 1 is 1.75 bits per heavy atom. The summed E-state index contributed by atoms with van der Waals surface area (Å²) in [4.78, 5) is 14.6. The first kappa shape index (κ1) is 11.3. The van der Waals surface area contributed by atoms with Gasteiger partial charge in [0.2, 0.25) is 0 Å². The Morgan fingerprint density at radius 2 is 2.50 bits per heavy atom. The van der Waals surface area contributed by atoms with Crippen LogP contribution in [0.3, 0.4) is 0 Å². The molecule has 0 fully saturated rings. The molecular weight excluding hydrogens is 326 g/mol. The fourth-order valence-electron chi connectivity index (χ4n) is 0.655. The molecule has 12 heavy (non-hydrogen) atoms. The van der Waals surface area contributed by atoms with Gasteiger partial charge < -0.3 is 9.72 Å². The van der Waals surface area contributed by atoms with Gasteiger partial charge in [0.15, 0.2) is 0 Å². The van der Waals surface area contributed by atoms with Gasteiger partial charge >= 0.3 is 5.97 Å². The average molecular weight is 334 g/mol. The summed E-state index contributed by atoms with van der Waals surface area (Å²) in [7, 11) is 0. The summed E-state index contributed by atoms with van der Waals surface area (Å²) in [6.07, 6.45) is 4.00. The molecule has 3 nitrogen and oxygen atoms in total. The van der Waals surface area contributed by atoms with Crippen molar-refractivity contribution in [3.63, 3.8) is 0 Å². The van der Waals surface area contributed by atoms with Crippen molar-refractivity contribution in [3.05, 3.63) is 30.1 Å². The van der Waals surface area contributed by atoms with Crippen molar-refractivity contribution in [2.45, 2.75) is 6.92 Å². The number of carbonyl (C=O) groups excluding carboxylic acids is 1. The van der Waals surface area contributed by atoms with Crippen LogP contribution in [0.1, 0.15) is 17.3 Å². The molecule has 64 valence electrons. The smallest absolute Gasteiger partial charge is 0.314 e. The molecule has 4 heteroatoms. The Bertz CT molecular complexity index is 238. The van der Waals surface area contributed by atoms with Gasteiger partial charge in [-0.1, -0.05) is 12.4 Å². The molecule has 0 atom stereocenters. The molecule has 0 saturated carbocycles. The first-order valence-electron chi connectivity index (χ1n) is 3.34. The first-order valence-corrected chi connectivity index (χ1v) is 3.34. The van der Waals surface area contributed by atoms with Crippen LogP contribution in [-0.2, 0) is 25.8 Å². The Hall–Kier alpha value is -0.692. The van der Waals surface area contributed by atoms with Gasteiger partial charge in [0, 0.05) is 21.1 Å². The Kier molecular flexibility index (Phi) is 5.56. The third-order valence-corrected chi connectivity index (χ3v) is 1.13. The molecular formula is C8H8NO2W-. The van der Waals surface area contributed by atoms with Crippen LogP contribution >= 0.6 is 0 Å². The Labute approximate surface area is 85.4 Å². The standard InChI is InChI=1S/C8H8NO2.W/c1-2-11-8(10)7-4-3-5-9-6-7;/h3-4,6H,2H2,1H3;/q-1;. The number of nitrogens with zero attached hydrogens (tertiary/aromatic N) is 1. The fraction of sp³-hybridized carbons (Fsp3) is 0.250. The van der Waals surface area contributed by atoms with E-state index in [0.29, 0.717) is 12.2 Å². The van der Waals surface area contributed by atoms with E-state index in [0.717, 1.165) is 0 Å². The molecule has 0 N–H and O–H groups in total. The quantitative estimate of drug-likeness (QED) is 0.600. The molecule has 0 unspecified atom stereocenters. The number of rotatable bonds is 2. The summed E-state index contributed by atoms with van der Waals surface area (Å²) in [6, 6.07) is 3.19. The summed E-state index contributed by atoms with van der Waals surface area (Å²) >= 11 is 0. The number of ether oxygens (including phenoxy) is 1. The number of pyridine rings is 1. The molecule has 0 radical (unpaired) electrons. The van der Waals surface area contributed by atoms with Crippen molar-refractivity contribution < 1.29 is 30.6 Å². The number of hydrogen-bond acceptors (Lipinski definition) is 3. The zero-order valence-electron chi connectivity index (χ0n) is 6.61. The van der Waals surface area contributed by atoms with E-state index in [-0.39, 0.29) is 27.0 Å². The number of esters is 1. The second-order valence-corrected chi connectivity index (χ2v) is 1.90. The zero-order valence-corrected chi connectivity index (χ0v) is 9.54. The SMILES string of the molecule is CCOC(=O)c1cc[c-]nc1.[W]. The monoisotopic (exact) mass is 334 g/mol. The van der Waals surface area contributed by atoms with Crippen LogP contribution in [0.2, 0.25) is 0 Å². The maximum Gasteiger partial charge on any atom is 0.314 e. The predicted octanol–water partition coefficient (Wildman–Crippen LogP) is 1.06. The summed E-state index contributed by atoms with van der Waals surface area (Å²) in [5.74, 6) is -0.339. The molecule has 0 aliphatic carbocycles. The van der Waals surface area contributed by atoms with Crippen molar-refractivity contribution in [1.82, 2.24) is 4.98 Å². The van der Waals surface area contributed by atoms with Crippen LogP contribution in [-0.4, -0.2) is 17.6 Å². The van der Waals surface area contributed by atoms with E-state index >= 15 is 0 Å². The molecule has 0 aliphatic heterocycles. The van der Waals surface area contributed by atoms with Crippen molar-refractivity contribution in [2.75, 3.05) is 6.61 Å². The van der Waals surface area contributed by atoms with E-state index < -0.39 is 0 Å². The van der Waals surface area contributed by atoms with Crippen LogP contribution in [0.4, 0.5) is 0 Å². The van der Waals surface area contributed by atoms with Gasteiger partial charge in [-0.25, -0.2) is 4.79 Å². The second-order valence-electron chi connectivity index (χ2n) is 1.90. The van der Waals surface area contributed by atoms with Crippen LogP contribution < -0.4 is 0 Å². The van der Waals surface area contributed by atoms with Crippen LogP contribution in [0.15, 0.2) is 18.3 Å². The maximum absolute atomic E-state index is 11.0. The van der Waals surface area contributed by atoms with E-state index in [1.54, 1.807) is 19.1 Å². The molecule has 0 bridgehead atoms. The van der Waals surface area contributed by atoms with Gasteiger partial charge in [-0.2, -0.15) is 12.1 Å². The molecule has 1 heterocycles. The van der Waals surface area contributed by atoms with Gasteiger partial charge in [-0.15, -0.1) is 0 Å². The number of carbonyl (C=O) groups is 1. The average Bonchev–Trinajstić information content (AvgIpc) is 2.07. The van der Waals surface area contributed by atoms with E-state index in [9.17, 15) is 4.79 Å². The van der Waals surface area contributed by atoms with E-state index in [2.05, 4.69) is 11.2 Å². The van der Waals surface area contributed by atoms with Crippen LogP contribution in [0, 0.1) is 6.20 Å². The van der Waals surface area contributed by atoms with Crippen LogP contribution in [0.5, 0.6) is 0 Å². The fourth-order valence-corrected chi connectivity index (χ4v) is 0.655. The van der Waals surface area contributed by atoms with E-state index in [1.165, 1.54) is 6.20 Å². The minimum atomic E-state index is -0.339. The maximum atomic E-state index is 11.0. The third-order valence-electron chi connectivity index (χ3n) is 1.13. The molecule has 0 saturated heterocycles. The minimum absolute atomic E-state index is 0. The number of hydrogen-bond donors (Lipinski definition) is 0.